The molecule has 2 atom stereocenters. The summed E-state index contributed by atoms with van der Waals surface area (Å²) in [5.74, 6) is 6.50. The summed E-state index contributed by atoms with van der Waals surface area (Å²) in [5, 5.41) is 8.55. The maximum atomic E-state index is 11.8. The molecule has 1 aliphatic rings. The van der Waals surface area contributed by atoms with E-state index in [1.807, 2.05) is 19.1 Å². The average Bonchev–Trinajstić information content (AvgIpc) is 3.02. The van der Waals surface area contributed by atoms with Crippen molar-refractivity contribution in [3.05, 3.63) is 29.8 Å². The van der Waals surface area contributed by atoms with E-state index >= 15 is 0 Å². The van der Waals surface area contributed by atoms with Gasteiger partial charge in [-0.15, -0.1) is 10.2 Å². The molecular formula is C17H22N4O2S. The number of nitrogen functional groups attached to an aromatic ring is 1. The van der Waals surface area contributed by atoms with E-state index in [0.29, 0.717) is 17.4 Å². The Kier molecular flexibility index (Phi) is 4.29. The van der Waals surface area contributed by atoms with Gasteiger partial charge in [-0.1, -0.05) is 56.8 Å². The number of aromatic nitrogens is 3. The van der Waals surface area contributed by atoms with Gasteiger partial charge in [-0.25, -0.2) is 4.68 Å². The van der Waals surface area contributed by atoms with Crippen molar-refractivity contribution in [1.29, 1.82) is 0 Å². The molecule has 3 rings (SSSR count). The number of carbonyl (C=O) groups excluding carboxylic acids is 1. The second-order valence-corrected chi connectivity index (χ2v) is 8.26. The largest absolute Gasteiger partial charge is 0.462 e. The number of hydrogen-bond donors (Lipinski definition) is 1. The smallest absolute Gasteiger partial charge is 0.319 e. The van der Waals surface area contributed by atoms with Crippen LogP contribution in [0.15, 0.2) is 29.4 Å². The van der Waals surface area contributed by atoms with Crippen molar-refractivity contribution >= 4 is 17.7 Å². The van der Waals surface area contributed by atoms with Gasteiger partial charge >= 0.3 is 5.97 Å². The summed E-state index contributed by atoms with van der Waals surface area (Å²) in [6, 6.07) is 8.14. The topological polar surface area (TPSA) is 83.0 Å². The molecule has 2 N–H and O–H groups in total. The average molecular weight is 346 g/mol. The molecule has 0 amide bonds. The zero-order valence-corrected chi connectivity index (χ0v) is 15.1. The van der Waals surface area contributed by atoms with Gasteiger partial charge in [-0.05, 0) is 17.9 Å². The van der Waals surface area contributed by atoms with Gasteiger partial charge < -0.3 is 10.6 Å². The Labute approximate surface area is 145 Å². The molecule has 2 unspecified atom stereocenters. The maximum Gasteiger partial charge on any atom is 0.319 e. The third-order valence-corrected chi connectivity index (χ3v) is 5.21. The normalized spacial score (nSPS) is 21.1. The van der Waals surface area contributed by atoms with Crippen molar-refractivity contribution in [1.82, 2.24) is 14.9 Å². The molecule has 1 saturated heterocycles. The number of esters is 1. The first kappa shape index (κ1) is 16.8. The minimum absolute atomic E-state index is 0.0615. The summed E-state index contributed by atoms with van der Waals surface area (Å²) >= 11 is 1.30. The fraction of sp³-hybridized carbons (Fsp3) is 0.471. The summed E-state index contributed by atoms with van der Waals surface area (Å²) in [7, 11) is 0. The van der Waals surface area contributed by atoms with Crippen LogP contribution >= 0.6 is 11.8 Å². The van der Waals surface area contributed by atoms with Crippen LogP contribution in [0.5, 0.6) is 0 Å². The number of nitrogens with two attached hydrogens (primary N) is 1. The van der Waals surface area contributed by atoms with Crippen molar-refractivity contribution in [2.24, 2.45) is 0 Å². The Morgan fingerprint density at radius 2 is 1.92 bits per heavy atom. The molecule has 0 bridgehead atoms. The summed E-state index contributed by atoms with van der Waals surface area (Å²) in [6.45, 7) is 8.39. The van der Waals surface area contributed by atoms with Crippen LogP contribution in [0, 0.1) is 0 Å². The van der Waals surface area contributed by atoms with Gasteiger partial charge in [0, 0.05) is 12.0 Å². The second-order valence-electron chi connectivity index (χ2n) is 7.09. The molecule has 7 heteroatoms. The Bertz CT molecular complexity index is 749. The van der Waals surface area contributed by atoms with Gasteiger partial charge in [0.15, 0.2) is 5.82 Å². The summed E-state index contributed by atoms with van der Waals surface area (Å²) in [4.78, 5) is 11.8. The monoisotopic (exact) mass is 346 g/mol. The molecule has 1 fully saturated rings. The van der Waals surface area contributed by atoms with Crippen LogP contribution in [-0.4, -0.2) is 32.2 Å². The van der Waals surface area contributed by atoms with E-state index in [1.54, 1.807) is 0 Å². The van der Waals surface area contributed by atoms with Crippen LogP contribution < -0.4 is 5.84 Å². The SMILES string of the molecule is CC1CC(Sc2nnc(-c3ccc(C(C)(C)C)cc3)n2N)C(=O)O1. The van der Waals surface area contributed by atoms with Crippen LogP contribution in [-0.2, 0) is 14.9 Å². The third-order valence-electron chi connectivity index (χ3n) is 4.05. The van der Waals surface area contributed by atoms with Crippen molar-refractivity contribution in [3.8, 4) is 11.4 Å². The lowest BCUT2D eigenvalue weighted by Gasteiger charge is -2.19. The van der Waals surface area contributed by atoms with Gasteiger partial charge in [-0.3, -0.25) is 4.79 Å². The standard InChI is InChI=1S/C17H22N4O2S/c1-10-9-13(15(22)23-10)24-16-20-19-14(21(16)18)11-5-7-12(8-6-11)17(2,3)4/h5-8,10,13H,9,18H2,1-4H3. The number of benzene rings is 1. The molecule has 0 spiro atoms. The van der Waals surface area contributed by atoms with Gasteiger partial charge in [-0.2, -0.15) is 0 Å². The van der Waals surface area contributed by atoms with E-state index < -0.39 is 0 Å². The number of cyclic esters (lactones) is 1. The molecular weight excluding hydrogens is 324 g/mol. The molecule has 0 radical (unpaired) electrons. The number of rotatable bonds is 3. The van der Waals surface area contributed by atoms with Crippen LogP contribution in [0.25, 0.3) is 11.4 Å². The predicted octanol–water partition coefficient (Wildman–Crippen LogP) is 2.75. The fourth-order valence-corrected chi connectivity index (χ4v) is 3.68. The zero-order chi connectivity index (χ0) is 17.5. The fourth-order valence-electron chi connectivity index (χ4n) is 2.62. The van der Waals surface area contributed by atoms with E-state index in [9.17, 15) is 4.79 Å². The van der Waals surface area contributed by atoms with E-state index in [0.717, 1.165) is 5.56 Å². The summed E-state index contributed by atoms with van der Waals surface area (Å²) in [6.07, 6.45) is 0.597. The third kappa shape index (κ3) is 3.26. The first-order valence-corrected chi connectivity index (χ1v) is 8.82. The van der Waals surface area contributed by atoms with Gasteiger partial charge in [0.1, 0.15) is 11.4 Å². The minimum atomic E-state index is -0.275. The molecule has 24 heavy (non-hydrogen) atoms. The van der Waals surface area contributed by atoms with Crippen LogP contribution in [0.3, 0.4) is 0 Å². The lowest BCUT2D eigenvalue weighted by Crippen LogP contribution is -2.16. The minimum Gasteiger partial charge on any atom is -0.462 e. The molecule has 1 aliphatic heterocycles. The second kappa shape index (κ2) is 6.12. The molecule has 0 saturated carbocycles. The molecule has 1 aromatic carbocycles. The van der Waals surface area contributed by atoms with Crippen molar-refractivity contribution in [2.75, 3.05) is 5.84 Å². The Morgan fingerprint density at radius 1 is 1.25 bits per heavy atom. The van der Waals surface area contributed by atoms with Crippen LogP contribution in [0.4, 0.5) is 0 Å². The maximum absolute atomic E-state index is 11.8. The number of carbonyl (C=O) groups is 1. The molecule has 6 nitrogen and oxygen atoms in total. The van der Waals surface area contributed by atoms with E-state index in [4.69, 9.17) is 10.6 Å². The van der Waals surface area contributed by atoms with E-state index in [2.05, 4.69) is 43.1 Å². The van der Waals surface area contributed by atoms with E-state index in [1.165, 1.54) is 22.0 Å². The summed E-state index contributed by atoms with van der Waals surface area (Å²) in [5.41, 5.74) is 2.23. The first-order chi connectivity index (χ1) is 11.3. The lowest BCUT2D eigenvalue weighted by atomic mass is 9.87. The molecule has 2 heterocycles. The van der Waals surface area contributed by atoms with Crippen molar-refractivity contribution < 1.29 is 9.53 Å². The highest BCUT2D eigenvalue weighted by atomic mass is 32.2. The predicted molar refractivity (Wildman–Crippen MR) is 94.1 cm³/mol. The summed E-state index contributed by atoms with van der Waals surface area (Å²) < 4.78 is 6.60. The Hall–Kier alpha value is -2.02. The number of hydrogen-bond acceptors (Lipinski definition) is 6. The highest BCUT2D eigenvalue weighted by Gasteiger charge is 2.34. The van der Waals surface area contributed by atoms with Crippen molar-refractivity contribution in [3.63, 3.8) is 0 Å². The molecule has 128 valence electrons. The van der Waals surface area contributed by atoms with Crippen LogP contribution in [0.2, 0.25) is 0 Å². The number of ether oxygens (including phenoxy) is 1. The van der Waals surface area contributed by atoms with Gasteiger partial charge in [0.05, 0.1) is 0 Å². The first-order valence-electron chi connectivity index (χ1n) is 7.94. The highest BCUT2D eigenvalue weighted by Crippen LogP contribution is 2.32. The Morgan fingerprint density at radius 3 is 2.46 bits per heavy atom. The highest BCUT2D eigenvalue weighted by molar-refractivity contribution is 8.00. The Balaban J connectivity index is 1.81. The van der Waals surface area contributed by atoms with E-state index in [-0.39, 0.29) is 22.7 Å². The van der Waals surface area contributed by atoms with Gasteiger partial charge in [0.2, 0.25) is 5.16 Å². The number of nitrogens with zero attached hydrogens (tertiary/aromatic N) is 3. The molecule has 2 aromatic rings. The lowest BCUT2D eigenvalue weighted by molar-refractivity contribution is -0.140. The quantitative estimate of drug-likeness (QED) is 0.680. The number of thioether (sulfide) groups is 1. The molecule has 0 aliphatic carbocycles. The molecule has 1 aromatic heterocycles. The van der Waals surface area contributed by atoms with Crippen molar-refractivity contribution in [2.45, 2.75) is 56.0 Å². The van der Waals surface area contributed by atoms with Gasteiger partial charge in [0.25, 0.3) is 0 Å². The van der Waals surface area contributed by atoms with Crippen LogP contribution in [0.1, 0.15) is 39.7 Å². The zero-order valence-electron chi connectivity index (χ0n) is 14.3.